The van der Waals surface area contributed by atoms with Gasteiger partial charge in [0.1, 0.15) is 12.4 Å². The predicted octanol–water partition coefficient (Wildman–Crippen LogP) is 4.77. The van der Waals surface area contributed by atoms with Crippen molar-refractivity contribution in [1.29, 1.82) is 0 Å². The number of hydrogen-bond donors (Lipinski definition) is 0. The van der Waals surface area contributed by atoms with E-state index >= 15 is 0 Å². The van der Waals surface area contributed by atoms with Crippen molar-refractivity contribution in [1.82, 2.24) is 0 Å². The molecule has 0 unspecified atom stereocenters. The molecule has 122 valence electrons. The lowest BCUT2D eigenvalue weighted by Gasteiger charge is -2.32. The Morgan fingerprint density at radius 1 is 0.840 bits per heavy atom. The van der Waals surface area contributed by atoms with Crippen molar-refractivity contribution >= 4 is 17.7 Å². The number of nitrogens with zero attached hydrogens (tertiary/aromatic N) is 1. The molecule has 3 heteroatoms. The van der Waals surface area contributed by atoms with Gasteiger partial charge in [0.15, 0.2) is 0 Å². The summed E-state index contributed by atoms with van der Waals surface area (Å²) in [5, 5.41) is 0. The van der Waals surface area contributed by atoms with E-state index in [1.165, 1.54) is 0 Å². The first-order chi connectivity index (χ1) is 12.3. The van der Waals surface area contributed by atoms with Crippen LogP contribution in [0.4, 0.5) is 5.69 Å². The first kappa shape index (κ1) is 15.2. The molecule has 0 aromatic heterocycles. The average Bonchev–Trinajstić information content (AvgIpc) is 2.69. The lowest BCUT2D eigenvalue weighted by atomic mass is 10.1. The van der Waals surface area contributed by atoms with E-state index < -0.39 is 0 Å². The number of para-hydroxylation sites is 2. The van der Waals surface area contributed by atoms with Crippen LogP contribution in [-0.2, 0) is 0 Å². The Hall–Kier alpha value is -3.33. The van der Waals surface area contributed by atoms with Crippen LogP contribution in [0.2, 0.25) is 0 Å². The summed E-state index contributed by atoms with van der Waals surface area (Å²) in [7, 11) is 0. The smallest absolute Gasteiger partial charge is 0.262 e. The summed E-state index contributed by atoms with van der Waals surface area (Å²) in [5.74, 6) is 0.663. The van der Waals surface area contributed by atoms with Gasteiger partial charge in [-0.25, -0.2) is 0 Å². The number of benzene rings is 3. The van der Waals surface area contributed by atoms with Crippen LogP contribution < -0.4 is 9.64 Å². The van der Waals surface area contributed by atoms with Gasteiger partial charge in [-0.2, -0.15) is 0 Å². The van der Waals surface area contributed by atoms with Crippen LogP contribution in [0.15, 0.2) is 90.6 Å². The van der Waals surface area contributed by atoms with Gasteiger partial charge >= 0.3 is 0 Å². The second-order valence-electron chi connectivity index (χ2n) is 5.81. The van der Waals surface area contributed by atoms with Gasteiger partial charge in [-0.05, 0) is 35.9 Å². The van der Waals surface area contributed by atoms with E-state index in [1.54, 1.807) is 4.90 Å². The molecular formula is C22H17NO2. The molecule has 3 nitrogen and oxygen atoms in total. The second-order valence-corrected chi connectivity index (χ2v) is 5.81. The Labute approximate surface area is 146 Å². The SMILES string of the molecule is O=C(c1ccccc1)N1/C(=C\c2ccccc2)COc2ccccc21. The molecule has 0 saturated heterocycles. The Morgan fingerprint density at radius 3 is 2.24 bits per heavy atom. The standard InChI is InChI=1S/C22H17NO2/c24-22(18-11-5-2-6-12-18)23-19(15-17-9-3-1-4-10-17)16-25-21-14-8-7-13-20(21)23/h1-15H,16H2/b19-15-. The Kier molecular flexibility index (Phi) is 4.05. The monoisotopic (exact) mass is 327 g/mol. The number of carbonyl (C=O) groups excluding carboxylic acids is 1. The van der Waals surface area contributed by atoms with E-state index in [0.29, 0.717) is 12.2 Å². The van der Waals surface area contributed by atoms with Crippen LogP contribution in [0.3, 0.4) is 0 Å². The van der Waals surface area contributed by atoms with Gasteiger partial charge < -0.3 is 4.74 Å². The molecule has 0 fully saturated rings. The number of fused-ring (bicyclic) bond motifs is 1. The summed E-state index contributed by atoms with van der Waals surface area (Å²) in [6, 6.07) is 26.9. The molecule has 0 saturated carbocycles. The second kappa shape index (κ2) is 6.65. The van der Waals surface area contributed by atoms with E-state index in [1.807, 2.05) is 91.0 Å². The van der Waals surface area contributed by atoms with Crippen molar-refractivity contribution < 1.29 is 9.53 Å². The zero-order valence-electron chi connectivity index (χ0n) is 13.6. The Morgan fingerprint density at radius 2 is 1.48 bits per heavy atom. The molecule has 1 aliphatic rings. The van der Waals surface area contributed by atoms with Gasteiger partial charge in [0, 0.05) is 5.56 Å². The van der Waals surface area contributed by atoms with Gasteiger partial charge in [0.25, 0.3) is 5.91 Å². The fraction of sp³-hybridized carbons (Fsp3) is 0.0455. The molecule has 0 spiro atoms. The maximum atomic E-state index is 13.2. The lowest BCUT2D eigenvalue weighted by molar-refractivity contribution is 0.0988. The maximum absolute atomic E-state index is 13.2. The maximum Gasteiger partial charge on any atom is 0.262 e. The van der Waals surface area contributed by atoms with Crippen molar-refractivity contribution in [2.45, 2.75) is 0 Å². The molecule has 4 rings (SSSR count). The molecule has 25 heavy (non-hydrogen) atoms. The van der Waals surface area contributed by atoms with Crippen molar-refractivity contribution in [3.05, 3.63) is 102 Å². The number of hydrogen-bond acceptors (Lipinski definition) is 2. The normalized spacial score (nSPS) is 14.7. The number of anilines is 1. The average molecular weight is 327 g/mol. The Bertz CT molecular complexity index is 917. The first-order valence-corrected chi connectivity index (χ1v) is 8.20. The minimum absolute atomic E-state index is 0.0569. The molecule has 3 aromatic carbocycles. The summed E-state index contributed by atoms with van der Waals surface area (Å²) >= 11 is 0. The van der Waals surface area contributed by atoms with E-state index in [2.05, 4.69) is 0 Å². The zero-order chi connectivity index (χ0) is 17.1. The summed E-state index contributed by atoms with van der Waals surface area (Å²) in [4.78, 5) is 14.9. The Balaban J connectivity index is 1.82. The van der Waals surface area contributed by atoms with Gasteiger partial charge in [0.2, 0.25) is 0 Å². The fourth-order valence-electron chi connectivity index (χ4n) is 2.93. The highest BCUT2D eigenvalue weighted by atomic mass is 16.5. The molecule has 3 aromatic rings. The molecule has 1 amide bonds. The predicted molar refractivity (Wildman–Crippen MR) is 99.6 cm³/mol. The molecule has 0 N–H and O–H groups in total. The van der Waals surface area contributed by atoms with Gasteiger partial charge in [0.05, 0.1) is 11.4 Å². The van der Waals surface area contributed by atoms with Gasteiger partial charge in [-0.3, -0.25) is 9.69 Å². The number of ether oxygens (including phenoxy) is 1. The van der Waals surface area contributed by atoms with Crippen LogP contribution in [0.25, 0.3) is 6.08 Å². The topological polar surface area (TPSA) is 29.5 Å². The van der Waals surface area contributed by atoms with Gasteiger partial charge in [-0.1, -0.05) is 60.7 Å². The van der Waals surface area contributed by atoms with E-state index in [0.717, 1.165) is 22.7 Å². The quantitative estimate of drug-likeness (QED) is 0.679. The molecule has 0 aliphatic carbocycles. The highest BCUT2D eigenvalue weighted by Crippen LogP contribution is 2.36. The van der Waals surface area contributed by atoms with E-state index in [4.69, 9.17) is 4.74 Å². The minimum Gasteiger partial charge on any atom is -0.485 e. The van der Waals surface area contributed by atoms with Crippen LogP contribution in [0.5, 0.6) is 5.75 Å². The number of amides is 1. The van der Waals surface area contributed by atoms with E-state index in [-0.39, 0.29) is 5.91 Å². The van der Waals surface area contributed by atoms with Crippen molar-refractivity contribution in [2.75, 3.05) is 11.5 Å². The third kappa shape index (κ3) is 3.04. The van der Waals surface area contributed by atoms with Crippen LogP contribution in [0, 0.1) is 0 Å². The minimum atomic E-state index is -0.0569. The molecule has 1 heterocycles. The molecule has 0 radical (unpaired) electrons. The van der Waals surface area contributed by atoms with Crippen molar-refractivity contribution in [2.24, 2.45) is 0 Å². The number of rotatable bonds is 2. The third-order valence-corrected chi connectivity index (χ3v) is 4.13. The molecule has 0 atom stereocenters. The summed E-state index contributed by atoms with van der Waals surface area (Å²) in [5.41, 5.74) is 3.27. The van der Waals surface area contributed by atoms with Gasteiger partial charge in [-0.15, -0.1) is 0 Å². The fourth-order valence-corrected chi connectivity index (χ4v) is 2.93. The summed E-state index contributed by atoms with van der Waals surface area (Å²) in [6.07, 6.45) is 2.00. The largest absolute Gasteiger partial charge is 0.485 e. The summed E-state index contributed by atoms with van der Waals surface area (Å²) in [6.45, 7) is 0.352. The first-order valence-electron chi connectivity index (χ1n) is 8.20. The van der Waals surface area contributed by atoms with Crippen LogP contribution in [0.1, 0.15) is 15.9 Å². The zero-order valence-corrected chi connectivity index (χ0v) is 13.6. The van der Waals surface area contributed by atoms with E-state index in [9.17, 15) is 4.79 Å². The summed E-state index contributed by atoms with van der Waals surface area (Å²) < 4.78 is 5.86. The number of carbonyl (C=O) groups is 1. The third-order valence-electron chi connectivity index (χ3n) is 4.13. The molecular weight excluding hydrogens is 310 g/mol. The highest BCUT2D eigenvalue weighted by molar-refractivity contribution is 6.10. The van der Waals surface area contributed by atoms with Crippen molar-refractivity contribution in [3.63, 3.8) is 0 Å². The highest BCUT2D eigenvalue weighted by Gasteiger charge is 2.28. The molecule has 1 aliphatic heterocycles. The van der Waals surface area contributed by atoms with Crippen molar-refractivity contribution in [3.8, 4) is 5.75 Å². The molecule has 0 bridgehead atoms. The van der Waals surface area contributed by atoms with Crippen LogP contribution >= 0.6 is 0 Å². The lowest BCUT2D eigenvalue weighted by Crippen LogP contribution is -2.36. The van der Waals surface area contributed by atoms with Crippen LogP contribution in [-0.4, -0.2) is 12.5 Å².